The Labute approximate surface area is 114 Å². The molecule has 0 saturated carbocycles. The van der Waals surface area contributed by atoms with Crippen LogP contribution in [-0.4, -0.2) is 12.5 Å². The zero-order chi connectivity index (χ0) is 12.8. The predicted octanol–water partition coefficient (Wildman–Crippen LogP) is 3.69. The van der Waals surface area contributed by atoms with Crippen LogP contribution in [0.5, 0.6) is 0 Å². The van der Waals surface area contributed by atoms with E-state index < -0.39 is 0 Å². The first-order chi connectivity index (χ1) is 7.99. The van der Waals surface area contributed by atoms with Crippen molar-refractivity contribution in [3.8, 4) is 0 Å². The Balaban J connectivity index is 2.61. The summed E-state index contributed by atoms with van der Waals surface area (Å²) in [4.78, 5) is 11.4. The number of benzene rings is 1. The lowest BCUT2D eigenvalue weighted by molar-refractivity contribution is -0.116. The van der Waals surface area contributed by atoms with Crippen LogP contribution in [0, 0.1) is 6.92 Å². The van der Waals surface area contributed by atoms with Gasteiger partial charge in [-0.15, -0.1) is 0 Å². The summed E-state index contributed by atoms with van der Waals surface area (Å²) >= 11 is 9.15. The lowest BCUT2D eigenvalue weighted by Gasteiger charge is -2.00. The Hall–Kier alpha value is -1.06. The van der Waals surface area contributed by atoms with Gasteiger partial charge in [0.05, 0.1) is 0 Å². The van der Waals surface area contributed by atoms with Crippen molar-refractivity contribution >= 4 is 39.5 Å². The number of rotatable bonds is 4. The molecular formula is C13H13BrClNO. The summed E-state index contributed by atoms with van der Waals surface area (Å²) in [5.41, 5.74) is 1.91. The molecule has 1 aromatic carbocycles. The third-order valence-electron chi connectivity index (χ3n) is 2.08. The minimum atomic E-state index is -0.165. The smallest absolute Gasteiger partial charge is 0.244 e. The summed E-state index contributed by atoms with van der Waals surface area (Å²) in [5.74, 6) is -0.165. The summed E-state index contributed by atoms with van der Waals surface area (Å²) in [5, 5.41) is 3.37. The maximum atomic E-state index is 11.4. The second-order valence-electron chi connectivity index (χ2n) is 3.58. The van der Waals surface area contributed by atoms with Crippen molar-refractivity contribution in [1.29, 1.82) is 0 Å². The number of carbonyl (C=O) groups excluding carboxylic acids is 1. The second-order valence-corrected chi connectivity index (χ2v) is 5.11. The maximum absolute atomic E-state index is 11.4. The molecule has 90 valence electrons. The van der Waals surface area contributed by atoms with Gasteiger partial charge in [-0.2, -0.15) is 0 Å². The van der Waals surface area contributed by atoms with Crippen molar-refractivity contribution in [2.75, 3.05) is 6.54 Å². The molecule has 0 saturated heterocycles. The number of aryl methyl sites for hydroxylation is 1. The summed E-state index contributed by atoms with van der Waals surface area (Å²) in [7, 11) is 0. The molecule has 0 fully saturated rings. The van der Waals surface area contributed by atoms with Crippen molar-refractivity contribution in [2.24, 2.45) is 0 Å². The summed E-state index contributed by atoms with van der Waals surface area (Å²) in [6, 6.07) is 5.65. The molecule has 0 aliphatic carbocycles. The Bertz CT molecular complexity index is 468. The molecule has 1 rings (SSSR count). The van der Waals surface area contributed by atoms with Crippen molar-refractivity contribution in [1.82, 2.24) is 5.32 Å². The largest absolute Gasteiger partial charge is 0.348 e. The Morgan fingerprint density at radius 3 is 2.88 bits per heavy atom. The summed E-state index contributed by atoms with van der Waals surface area (Å²) in [6.07, 6.45) is 3.19. The van der Waals surface area contributed by atoms with Gasteiger partial charge in [0.15, 0.2) is 0 Å². The van der Waals surface area contributed by atoms with Gasteiger partial charge in [-0.3, -0.25) is 4.79 Å². The maximum Gasteiger partial charge on any atom is 0.244 e. The van der Waals surface area contributed by atoms with Crippen LogP contribution in [0.4, 0.5) is 0 Å². The van der Waals surface area contributed by atoms with Crippen LogP contribution in [0.25, 0.3) is 6.08 Å². The third-order valence-corrected chi connectivity index (χ3v) is 2.77. The van der Waals surface area contributed by atoms with Crippen LogP contribution < -0.4 is 5.32 Å². The number of hydrogen-bond acceptors (Lipinski definition) is 1. The predicted molar refractivity (Wildman–Crippen MR) is 76.3 cm³/mol. The van der Waals surface area contributed by atoms with E-state index in [0.717, 1.165) is 15.6 Å². The van der Waals surface area contributed by atoms with E-state index in [9.17, 15) is 4.79 Å². The Kier molecular flexibility index (Phi) is 5.45. The van der Waals surface area contributed by atoms with Crippen LogP contribution in [0.15, 0.2) is 35.3 Å². The van der Waals surface area contributed by atoms with Crippen molar-refractivity contribution in [3.63, 3.8) is 0 Å². The molecule has 4 heteroatoms. The van der Waals surface area contributed by atoms with Gasteiger partial charge in [0.2, 0.25) is 5.91 Å². The average molecular weight is 315 g/mol. The molecule has 0 aliphatic heterocycles. The number of amides is 1. The lowest BCUT2D eigenvalue weighted by Crippen LogP contribution is -2.21. The highest BCUT2D eigenvalue weighted by Gasteiger charge is 1.97. The third kappa shape index (κ3) is 5.20. The van der Waals surface area contributed by atoms with E-state index in [0.29, 0.717) is 11.6 Å². The molecule has 0 heterocycles. The van der Waals surface area contributed by atoms with Gasteiger partial charge in [0, 0.05) is 22.1 Å². The highest BCUT2D eigenvalue weighted by Crippen LogP contribution is 2.17. The van der Waals surface area contributed by atoms with E-state index in [2.05, 4.69) is 27.8 Å². The van der Waals surface area contributed by atoms with Gasteiger partial charge < -0.3 is 5.32 Å². The highest BCUT2D eigenvalue weighted by atomic mass is 79.9. The molecule has 0 radical (unpaired) electrons. The van der Waals surface area contributed by atoms with E-state index in [1.807, 2.05) is 25.1 Å². The monoisotopic (exact) mass is 313 g/mol. The molecule has 0 aromatic heterocycles. The van der Waals surface area contributed by atoms with E-state index in [1.165, 1.54) is 6.08 Å². The van der Waals surface area contributed by atoms with Crippen LogP contribution in [-0.2, 0) is 4.79 Å². The first-order valence-corrected chi connectivity index (χ1v) is 6.21. The first kappa shape index (κ1) is 14.0. The molecule has 0 atom stereocenters. The van der Waals surface area contributed by atoms with E-state index in [4.69, 9.17) is 11.6 Å². The molecule has 0 unspecified atom stereocenters. The molecule has 0 spiro atoms. The number of halogens is 2. The fourth-order valence-corrected chi connectivity index (χ4v) is 1.46. The summed E-state index contributed by atoms with van der Waals surface area (Å²) in [6.45, 7) is 5.98. The minimum Gasteiger partial charge on any atom is -0.348 e. The van der Waals surface area contributed by atoms with Gasteiger partial charge in [-0.25, -0.2) is 0 Å². The molecule has 17 heavy (non-hydrogen) atoms. The quantitative estimate of drug-likeness (QED) is 0.844. The fourth-order valence-electron chi connectivity index (χ4n) is 1.13. The second kappa shape index (κ2) is 6.62. The zero-order valence-electron chi connectivity index (χ0n) is 9.47. The number of hydrogen-bond donors (Lipinski definition) is 1. The van der Waals surface area contributed by atoms with Gasteiger partial charge in [-0.1, -0.05) is 46.2 Å². The van der Waals surface area contributed by atoms with Crippen LogP contribution in [0.1, 0.15) is 11.1 Å². The minimum absolute atomic E-state index is 0.165. The number of nitrogens with one attached hydrogen (secondary N) is 1. The van der Waals surface area contributed by atoms with E-state index in [-0.39, 0.29) is 5.91 Å². The normalized spacial score (nSPS) is 10.5. The van der Waals surface area contributed by atoms with Gasteiger partial charge >= 0.3 is 0 Å². The van der Waals surface area contributed by atoms with Crippen molar-refractivity contribution in [2.45, 2.75) is 6.92 Å². The van der Waals surface area contributed by atoms with Gasteiger partial charge in [0.25, 0.3) is 0 Å². The zero-order valence-corrected chi connectivity index (χ0v) is 11.8. The molecule has 1 amide bonds. The summed E-state index contributed by atoms with van der Waals surface area (Å²) < 4.78 is 0.734. The van der Waals surface area contributed by atoms with E-state index in [1.54, 1.807) is 6.08 Å². The van der Waals surface area contributed by atoms with E-state index >= 15 is 0 Å². The SMILES string of the molecule is C=C(Br)CNC(=O)/C=C/c1ccc(C)c(Cl)c1. The van der Waals surface area contributed by atoms with Crippen LogP contribution in [0.2, 0.25) is 5.02 Å². The van der Waals surface area contributed by atoms with Crippen molar-refractivity contribution < 1.29 is 4.79 Å². The molecule has 0 bridgehead atoms. The Morgan fingerprint density at radius 1 is 1.59 bits per heavy atom. The van der Waals surface area contributed by atoms with Gasteiger partial charge in [-0.05, 0) is 30.2 Å². The fraction of sp³-hybridized carbons (Fsp3) is 0.154. The molecule has 1 aromatic rings. The Morgan fingerprint density at radius 2 is 2.29 bits per heavy atom. The molecule has 2 nitrogen and oxygen atoms in total. The standard InChI is InChI=1S/C13H13BrClNO/c1-9-3-4-11(7-12(9)15)5-6-13(17)16-8-10(2)14/h3-7H,2,8H2,1H3,(H,16,17)/b6-5+. The van der Waals surface area contributed by atoms with Crippen LogP contribution >= 0.6 is 27.5 Å². The molecule has 0 aliphatic rings. The molecule has 1 N–H and O–H groups in total. The highest BCUT2D eigenvalue weighted by molar-refractivity contribution is 9.11. The first-order valence-electron chi connectivity index (χ1n) is 5.04. The number of carbonyl (C=O) groups is 1. The van der Waals surface area contributed by atoms with Gasteiger partial charge in [0.1, 0.15) is 0 Å². The lowest BCUT2D eigenvalue weighted by atomic mass is 10.1. The molecular weight excluding hydrogens is 302 g/mol. The van der Waals surface area contributed by atoms with Crippen molar-refractivity contribution in [3.05, 3.63) is 51.5 Å². The topological polar surface area (TPSA) is 29.1 Å². The average Bonchev–Trinajstić information content (AvgIpc) is 2.28. The van der Waals surface area contributed by atoms with Crippen LogP contribution in [0.3, 0.4) is 0 Å².